The van der Waals surface area contributed by atoms with Crippen LogP contribution in [0, 0.1) is 0 Å². The summed E-state index contributed by atoms with van der Waals surface area (Å²) in [6.07, 6.45) is -0.811. The maximum atomic E-state index is 11.6. The van der Waals surface area contributed by atoms with Crippen molar-refractivity contribution in [2.45, 2.75) is 32.4 Å². The van der Waals surface area contributed by atoms with Gasteiger partial charge in [0.25, 0.3) is 0 Å². The van der Waals surface area contributed by atoms with Crippen molar-refractivity contribution in [3.63, 3.8) is 0 Å². The number of nitrogens with one attached hydrogen (secondary N) is 1. The molecule has 1 amide bonds. The summed E-state index contributed by atoms with van der Waals surface area (Å²) in [6.45, 7) is 4.83. The minimum atomic E-state index is -1.22. The zero-order valence-electron chi connectivity index (χ0n) is 13.1. The molecule has 0 bridgehead atoms. The number of carbonyl (C=O) groups is 2. The number of carboxylic acids is 1. The second-order valence-electron chi connectivity index (χ2n) is 5.53. The molecular formula is C15H21NO6. The molecule has 0 aliphatic rings. The van der Waals surface area contributed by atoms with Crippen LogP contribution in [0.4, 0.5) is 4.79 Å². The number of rotatable bonds is 6. The first-order valence-electron chi connectivity index (χ1n) is 6.70. The van der Waals surface area contributed by atoms with Crippen molar-refractivity contribution in [1.29, 1.82) is 0 Å². The molecule has 0 spiro atoms. The monoisotopic (exact) mass is 311 g/mol. The third-order valence-electron chi connectivity index (χ3n) is 2.45. The molecule has 0 aliphatic carbocycles. The number of benzene rings is 1. The molecule has 0 saturated carbocycles. The molecular weight excluding hydrogens is 290 g/mol. The Morgan fingerprint density at radius 1 is 1.27 bits per heavy atom. The first kappa shape index (κ1) is 17.6. The van der Waals surface area contributed by atoms with Crippen LogP contribution in [0.15, 0.2) is 24.3 Å². The van der Waals surface area contributed by atoms with Crippen LogP contribution in [0.1, 0.15) is 20.8 Å². The lowest BCUT2D eigenvalue weighted by atomic mass is 10.2. The molecule has 0 aromatic heterocycles. The van der Waals surface area contributed by atoms with Gasteiger partial charge in [0.05, 0.1) is 7.11 Å². The van der Waals surface area contributed by atoms with E-state index < -0.39 is 23.7 Å². The van der Waals surface area contributed by atoms with Crippen molar-refractivity contribution in [3.8, 4) is 11.5 Å². The Morgan fingerprint density at radius 3 is 2.45 bits per heavy atom. The summed E-state index contributed by atoms with van der Waals surface area (Å²) in [5, 5.41) is 11.4. The lowest BCUT2D eigenvalue weighted by Crippen LogP contribution is -2.46. The SMILES string of the molecule is COc1cccc(OC[C@@H](NC(=O)OC(C)(C)C)C(=O)O)c1. The Hall–Kier alpha value is -2.44. The van der Waals surface area contributed by atoms with Gasteiger partial charge in [-0.15, -0.1) is 0 Å². The molecule has 122 valence electrons. The highest BCUT2D eigenvalue weighted by Gasteiger charge is 2.24. The highest BCUT2D eigenvalue weighted by molar-refractivity contribution is 5.80. The molecule has 1 atom stereocenters. The molecule has 7 heteroatoms. The van der Waals surface area contributed by atoms with Crippen molar-refractivity contribution < 1.29 is 28.9 Å². The van der Waals surface area contributed by atoms with Crippen LogP contribution in [0.5, 0.6) is 11.5 Å². The molecule has 0 fully saturated rings. The van der Waals surface area contributed by atoms with Crippen LogP contribution in [-0.2, 0) is 9.53 Å². The lowest BCUT2D eigenvalue weighted by Gasteiger charge is -2.22. The first-order valence-corrected chi connectivity index (χ1v) is 6.70. The first-order chi connectivity index (χ1) is 10.2. The third-order valence-corrected chi connectivity index (χ3v) is 2.45. The zero-order valence-corrected chi connectivity index (χ0v) is 13.1. The largest absolute Gasteiger partial charge is 0.497 e. The van der Waals surface area contributed by atoms with Crippen LogP contribution in [0.3, 0.4) is 0 Å². The van der Waals surface area contributed by atoms with Gasteiger partial charge in [0, 0.05) is 6.07 Å². The second kappa shape index (κ2) is 7.53. The van der Waals surface area contributed by atoms with Gasteiger partial charge in [-0.1, -0.05) is 6.07 Å². The summed E-state index contributed by atoms with van der Waals surface area (Å²) in [7, 11) is 1.52. The molecule has 0 saturated heterocycles. The van der Waals surface area contributed by atoms with Crippen molar-refractivity contribution in [1.82, 2.24) is 5.32 Å². The van der Waals surface area contributed by atoms with Crippen molar-refractivity contribution in [2.75, 3.05) is 13.7 Å². The Bertz CT molecular complexity index is 523. The third kappa shape index (κ3) is 6.34. The summed E-state index contributed by atoms with van der Waals surface area (Å²) in [6, 6.07) is 5.51. The molecule has 0 radical (unpaired) electrons. The molecule has 1 aromatic rings. The van der Waals surface area contributed by atoms with Gasteiger partial charge >= 0.3 is 12.1 Å². The topological polar surface area (TPSA) is 94.1 Å². The van der Waals surface area contributed by atoms with Crippen molar-refractivity contribution in [3.05, 3.63) is 24.3 Å². The maximum Gasteiger partial charge on any atom is 0.408 e. The maximum absolute atomic E-state index is 11.6. The van der Waals surface area contributed by atoms with Crippen LogP contribution in [0.2, 0.25) is 0 Å². The Labute approximate surface area is 129 Å². The van der Waals surface area contributed by atoms with Gasteiger partial charge in [-0.2, -0.15) is 0 Å². The minimum Gasteiger partial charge on any atom is -0.497 e. The van der Waals surface area contributed by atoms with Crippen LogP contribution >= 0.6 is 0 Å². The predicted octanol–water partition coefficient (Wildman–Crippen LogP) is 2.05. The number of carboxylic acid groups (broad SMARTS) is 1. The van der Waals surface area contributed by atoms with Gasteiger partial charge in [-0.3, -0.25) is 0 Å². The summed E-state index contributed by atoms with van der Waals surface area (Å²) >= 11 is 0. The Balaban J connectivity index is 2.61. The number of aliphatic carboxylic acids is 1. The van der Waals surface area contributed by atoms with Crippen LogP contribution in [-0.4, -0.2) is 42.5 Å². The fraction of sp³-hybridized carbons (Fsp3) is 0.467. The number of ether oxygens (including phenoxy) is 3. The number of hydrogen-bond donors (Lipinski definition) is 2. The standard InChI is InChI=1S/C15H21NO6/c1-15(2,3)22-14(19)16-12(13(17)18)9-21-11-7-5-6-10(8-11)20-4/h5-8,12H,9H2,1-4H3,(H,16,19)(H,17,18)/t12-/m1/s1. The molecule has 0 heterocycles. The van der Waals surface area contributed by atoms with Gasteiger partial charge in [-0.25, -0.2) is 9.59 Å². The number of methoxy groups -OCH3 is 1. The number of alkyl carbamates (subject to hydrolysis) is 1. The van der Waals surface area contributed by atoms with Crippen molar-refractivity contribution >= 4 is 12.1 Å². The number of carbonyl (C=O) groups excluding carboxylic acids is 1. The summed E-state index contributed by atoms with van der Waals surface area (Å²) < 4.78 is 15.4. The van der Waals surface area contributed by atoms with Gasteiger partial charge in [-0.05, 0) is 32.9 Å². The lowest BCUT2D eigenvalue weighted by molar-refractivity contribution is -0.140. The van der Waals surface area contributed by atoms with E-state index in [0.717, 1.165) is 0 Å². The predicted molar refractivity (Wildman–Crippen MR) is 79.3 cm³/mol. The van der Waals surface area contributed by atoms with Crippen LogP contribution < -0.4 is 14.8 Å². The molecule has 2 N–H and O–H groups in total. The van der Waals surface area contributed by atoms with Gasteiger partial charge < -0.3 is 24.6 Å². The molecule has 0 unspecified atom stereocenters. The van der Waals surface area contributed by atoms with E-state index in [0.29, 0.717) is 11.5 Å². The molecule has 22 heavy (non-hydrogen) atoms. The number of amides is 1. The molecule has 0 aliphatic heterocycles. The molecule has 1 rings (SSSR count). The fourth-order valence-electron chi connectivity index (χ4n) is 1.50. The molecule has 7 nitrogen and oxygen atoms in total. The highest BCUT2D eigenvalue weighted by atomic mass is 16.6. The van der Waals surface area contributed by atoms with E-state index in [1.807, 2.05) is 0 Å². The fourth-order valence-corrected chi connectivity index (χ4v) is 1.50. The number of hydrogen-bond acceptors (Lipinski definition) is 5. The Kier molecular flexibility index (Phi) is 6.03. The average molecular weight is 311 g/mol. The quantitative estimate of drug-likeness (QED) is 0.835. The van der Waals surface area contributed by atoms with Crippen molar-refractivity contribution in [2.24, 2.45) is 0 Å². The van der Waals surface area contributed by atoms with Gasteiger partial charge in [0.2, 0.25) is 0 Å². The van der Waals surface area contributed by atoms with E-state index in [-0.39, 0.29) is 6.61 Å². The van der Waals surface area contributed by atoms with E-state index in [9.17, 15) is 9.59 Å². The van der Waals surface area contributed by atoms with E-state index >= 15 is 0 Å². The second-order valence-corrected chi connectivity index (χ2v) is 5.53. The van der Waals surface area contributed by atoms with Crippen LogP contribution in [0.25, 0.3) is 0 Å². The van der Waals surface area contributed by atoms with Gasteiger partial charge in [0.15, 0.2) is 6.04 Å². The summed E-state index contributed by atoms with van der Waals surface area (Å²) in [5.41, 5.74) is -0.708. The highest BCUT2D eigenvalue weighted by Crippen LogP contribution is 2.19. The normalized spacial score (nSPS) is 12.2. The van der Waals surface area contributed by atoms with E-state index in [2.05, 4.69) is 5.32 Å². The van der Waals surface area contributed by atoms with E-state index in [4.69, 9.17) is 19.3 Å². The minimum absolute atomic E-state index is 0.234. The average Bonchev–Trinajstić information content (AvgIpc) is 2.41. The van der Waals surface area contributed by atoms with E-state index in [1.165, 1.54) is 7.11 Å². The van der Waals surface area contributed by atoms with E-state index in [1.54, 1.807) is 45.0 Å². The smallest absolute Gasteiger partial charge is 0.408 e. The zero-order chi connectivity index (χ0) is 16.8. The molecule has 1 aromatic carbocycles. The van der Waals surface area contributed by atoms with Gasteiger partial charge in [0.1, 0.15) is 23.7 Å². The summed E-state index contributed by atoms with van der Waals surface area (Å²) in [5.74, 6) is -0.185. The summed E-state index contributed by atoms with van der Waals surface area (Å²) in [4.78, 5) is 22.8. The Morgan fingerprint density at radius 2 is 1.91 bits per heavy atom.